The monoisotopic (exact) mass is 241 g/mol. The number of carbonyl (C=O) groups is 1. The summed E-state index contributed by atoms with van der Waals surface area (Å²) in [6, 6.07) is 0. The molecule has 1 heterocycles. The van der Waals surface area contributed by atoms with E-state index in [2.05, 4.69) is 10.3 Å². The van der Waals surface area contributed by atoms with E-state index in [9.17, 15) is 4.79 Å². The summed E-state index contributed by atoms with van der Waals surface area (Å²) in [6.07, 6.45) is 3.40. The standard InChI is InChI=1S/C11H19N3OS/c1-9-13-8-10(16-9)7-12-6-4-5-11(15)14(2)3/h8,12H,4-7H2,1-3H3. The summed E-state index contributed by atoms with van der Waals surface area (Å²) in [6.45, 7) is 3.72. The molecule has 90 valence electrons. The molecule has 0 atom stereocenters. The zero-order chi connectivity index (χ0) is 12.0. The zero-order valence-electron chi connectivity index (χ0n) is 10.1. The predicted molar refractivity (Wildman–Crippen MR) is 66.5 cm³/mol. The van der Waals surface area contributed by atoms with E-state index < -0.39 is 0 Å². The summed E-state index contributed by atoms with van der Waals surface area (Å²) in [5.41, 5.74) is 0. The number of nitrogens with one attached hydrogen (secondary N) is 1. The van der Waals surface area contributed by atoms with Gasteiger partial charge in [0.15, 0.2) is 0 Å². The van der Waals surface area contributed by atoms with Gasteiger partial charge in [-0.25, -0.2) is 4.98 Å². The highest BCUT2D eigenvalue weighted by atomic mass is 32.1. The highest BCUT2D eigenvalue weighted by Crippen LogP contribution is 2.10. The first-order chi connectivity index (χ1) is 7.59. The lowest BCUT2D eigenvalue weighted by Gasteiger charge is -2.09. The quantitative estimate of drug-likeness (QED) is 0.766. The first-order valence-electron chi connectivity index (χ1n) is 5.42. The highest BCUT2D eigenvalue weighted by molar-refractivity contribution is 7.11. The van der Waals surface area contributed by atoms with Crippen LogP contribution >= 0.6 is 11.3 Å². The van der Waals surface area contributed by atoms with Gasteiger partial charge in [-0.3, -0.25) is 4.79 Å². The Morgan fingerprint density at radius 3 is 2.88 bits per heavy atom. The SMILES string of the molecule is Cc1ncc(CNCCCC(=O)N(C)C)s1. The Morgan fingerprint density at radius 1 is 1.56 bits per heavy atom. The molecule has 0 aliphatic heterocycles. The van der Waals surface area contributed by atoms with Gasteiger partial charge < -0.3 is 10.2 Å². The average Bonchev–Trinajstić information content (AvgIpc) is 2.63. The minimum absolute atomic E-state index is 0.190. The largest absolute Gasteiger partial charge is 0.349 e. The van der Waals surface area contributed by atoms with Gasteiger partial charge in [-0.1, -0.05) is 0 Å². The Bertz CT molecular complexity index is 336. The Balaban J connectivity index is 2.06. The van der Waals surface area contributed by atoms with Gasteiger partial charge in [-0.15, -0.1) is 11.3 Å². The maximum atomic E-state index is 11.3. The van der Waals surface area contributed by atoms with Gasteiger partial charge in [0.25, 0.3) is 0 Å². The molecule has 0 fully saturated rings. The average molecular weight is 241 g/mol. The number of hydrogen-bond acceptors (Lipinski definition) is 4. The predicted octanol–water partition coefficient (Wildman–Crippen LogP) is 1.41. The van der Waals surface area contributed by atoms with E-state index in [0.29, 0.717) is 6.42 Å². The fourth-order valence-electron chi connectivity index (χ4n) is 1.29. The third-order valence-electron chi connectivity index (χ3n) is 2.21. The van der Waals surface area contributed by atoms with Crippen LogP contribution in [-0.4, -0.2) is 36.4 Å². The molecular formula is C11H19N3OS. The minimum atomic E-state index is 0.190. The molecule has 0 saturated heterocycles. The van der Waals surface area contributed by atoms with Crippen molar-refractivity contribution in [1.29, 1.82) is 0 Å². The molecule has 0 spiro atoms. The molecule has 0 aromatic carbocycles. The number of carbonyl (C=O) groups excluding carboxylic acids is 1. The second kappa shape index (κ2) is 6.60. The van der Waals surface area contributed by atoms with Gasteiger partial charge in [0.05, 0.1) is 5.01 Å². The van der Waals surface area contributed by atoms with Crippen molar-refractivity contribution in [3.8, 4) is 0 Å². The molecule has 16 heavy (non-hydrogen) atoms. The first kappa shape index (κ1) is 13.1. The number of aromatic nitrogens is 1. The van der Waals surface area contributed by atoms with Crippen LogP contribution in [0.5, 0.6) is 0 Å². The van der Waals surface area contributed by atoms with Gasteiger partial charge in [0, 0.05) is 38.1 Å². The molecule has 1 N–H and O–H groups in total. The van der Waals surface area contributed by atoms with Gasteiger partial charge in [0.1, 0.15) is 0 Å². The number of hydrogen-bond donors (Lipinski definition) is 1. The Morgan fingerprint density at radius 2 is 2.31 bits per heavy atom. The van der Waals surface area contributed by atoms with Crippen LogP contribution in [0.25, 0.3) is 0 Å². The fraction of sp³-hybridized carbons (Fsp3) is 0.636. The van der Waals surface area contributed by atoms with Crippen molar-refractivity contribution in [2.45, 2.75) is 26.3 Å². The summed E-state index contributed by atoms with van der Waals surface area (Å²) in [7, 11) is 3.58. The van der Waals surface area contributed by atoms with Crippen LogP contribution in [0.2, 0.25) is 0 Å². The van der Waals surface area contributed by atoms with Gasteiger partial charge in [-0.2, -0.15) is 0 Å². The topological polar surface area (TPSA) is 45.2 Å². The Labute approximate surface area is 101 Å². The lowest BCUT2D eigenvalue weighted by molar-refractivity contribution is -0.128. The molecule has 0 aliphatic rings. The molecule has 1 aromatic heterocycles. The van der Waals surface area contributed by atoms with Crippen LogP contribution in [0.15, 0.2) is 6.20 Å². The third kappa shape index (κ3) is 4.72. The molecule has 1 amide bonds. The van der Waals surface area contributed by atoms with Crippen LogP contribution in [0.1, 0.15) is 22.7 Å². The molecule has 5 heteroatoms. The number of aryl methyl sites for hydroxylation is 1. The third-order valence-corrected chi connectivity index (χ3v) is 3.12. The normalized spacial score (nSPS) is 10.4. The van der Waals surface area contributed by atoms with Gasteiger partial charge in [0.2, 0.25) is 5.91 Å². The van der Waals surface area contributed by atoms with E-state index >= 15 is 0 Å². The lowest BCUT2D eigenvalue weighted by atomic mass is 10.3. The second-order valence-electron chi connectivity index (χ2n) is 3.91. The summed E-state index contributed by atoms with van der Waals surface area (Å²) in [4.78, 5) is 18.3. The molecule has 1 rings (SSSR count). The summed E-state index contributed by atoms with van der Waals surface area (Å²) in [5, 5.41) is 4.41. The van der Waals surface area contributed by atoms with Crippen molar-refractivity contribution < 1.29 is 4.79 Å². The maximum absolute atomic E-state index is 11.3. The van der Waals surface area contributed by atoms with Crippen molar-refractivity contribution in [1.82, 2.24) is 15.2 Å². The van der Waals surface area contributed by atoms with Crippen molar-refractivity contribution >= 4 is 17.2 Å². The maximum Gasteiger partial charge on any atom is 0.222 e. The summed E-state index contributed by atoms with van der Waals surface area (Å²) < 4.78 is 0. The van der Waals surface area contributed by atoms with E-state index in [1.54, 1.807) is 30.3 Å². The van der Waals surface area contributed by atoms with E-state index in [4.69, 9.17) is 0 Å². The van der Waals surface area contributed by atoms with Gasteiger partial charge in [-0.05, 0) is 19.9 Å². The molecule has 0 saturated carbocycles. The van der Waals surface area contributed by atoms with E-state index in [-0.39, 0.29) is 5.91 Å². The molecule has 0 unspecified atom stereocenters. The van der Waals surface area contributed by atoms with Crippen LogP contribution in [0.4, 0.5) is 0 Å². The van der Waals surface area contributed by atoms with E-state index in [1.807, 2.05) is 13.1 Å². The van der Waals surface area contributed by atoms with Crippen LogP contribution < -0.4 is 5.32 Å². The summed E-state index contributed by atoms with van der Waals surface area (Å²) in [5.74, 6) is 0.190. The van der Waals surface area contributed by atoms with Gasteiger partial charge >= 0.3 is 0 Å². The van der Waals surface area contributed by atoms with Crippen LogP contribution in [0.3, 0.4) is 0 Å². The minimum Gasteiger partial charge on any atom is -0.349 e. The zero-order valence-corrected chi connectivity index (χ0v) is 10.9. The first-order valence-corrected chi connectivity index (χ1v) is 6.23. The number of thiazole rings is 1. The van der Waals surface area contributed by atoms with Crippen LogP contribution in [-0.2, 0) is 11.3 Å². The molecule has 1 aromatic rings. The summed E-state index contributed by atoms with van der Waals surface area (Å²) >= 11 is 1.71. The number of amides is 1. The molecule has 0 radical (unpaired) electrons. The highest BCUT2D eigenvalue weighted by Gasteiger charge is 2.02. The smallest absolute Gasteiger partial charge is 0.222 e. The molecule has 4 nitrogen and oxygen atoms in total. The lowest BCUT2D eigenvalue weighted by Crippen LogP contribution is -2.23. The van der Waals surface area contributed by atoms with Crippen LogP contribution in [0, 0.1) is 6.92 Å². The molecule has 0 aliphatic carbocycles. The van der Waals surface area contributed by atoms with Crippen molar-refractivity contribution in [3.63, 3.8) is 0 Å². The fourth-order valence-corrected chi connectivity index (χ4v) is 2.05. The number of rotatable bonds is 6. The van der Waals surface area contributed by atoms with Crippen molar-refractivity contribution in [3.05, 3.63) is 16.1 Å². The van der Waals surface area contributed by atoms with E-state index in [1.165, 1.54) is 4.88 Å². The molecular weight excluding hydrogens is 222 g/mol. The Kier molecular flexibility index (Phi) is 5.42. The van der Waals surface area contributed by atoms with E-state index in [0.717, 1.165) is 24.5 Å². The molecule has 0 bridgehead atoms. The van der Waals surface area contributed by atoms with Crippen molar-refractivity contribution in [2.24, 2.45) is 0 Å². The Hall–Kier alpha value is -0.940. The number of nitrogens with zero attached hydrogens (tertiary/aromatic N) is 2. The second-order valence-corrected chi connectivity index (χ2v) is 5.23. The van der Waals surface area contributed by atoms with Crippen molar-refractivity contribution in [2.75, 3.05) is 20.6 Å².